The molecule has 3 amide bonds. The molecular weight excluding hydrogens is 391 g/mol. The van der Waals surface area contributed by atoms with Gasteiger partial charge < -0.3 is 20.7 Å². The van der Waals surface area contributed by atoms with Crippen molar-refractivity contribution in [3.8, 4) is 5.75 Å². The van der Waals surface area contributed by atoms with Gasteiger partial charge in [0.1, 0.15) is 0 Å². The minimum atomic E-state index is -1.60. The first-order valence-corrected chi connectivity index (χ1v) is 9.47. The van der Waals surface area contributed by atoms with Crippen LogP contribution in [0.1, 0.15) is 34.3 Å². The van der Waals surface area contributed by atoms with Crippen LogP contribution in [0.25, 0.3) is 0 Å². The van der Waals surface area contributed by atoms with E-state index in [9.17, 15) is 18.8 Å². The number of halogens is 1. The summed E-state index contributed by atoms with van der Waals surface area (Å²) in [6, 6.07) is 10.0. The average molecular weight is 412 g/mol. The highest BCUT2D eigenvalue weighted by molar-refractivity contribution is 6.07. The third-order valence-electron chi connectivity index (χ3n) is 5.56. The topological polar surface area (TPSA) is 114 Å². The predicted molar refractivity (Wildman–Crippen MR) is 106 cm³/mol. The molecule has 0 aromatic heterocycles. The molecule has 2 heterocycles. The van der Waals surface area contributed by atoms with Crippen LogP contribution >= 0.6 is 0 Å². The molecule has 1 fully saturated rings. The molecule has 2 aliphatic heterocycles. The van der Waals surface area contributed by atoms with Gasteiger partial charge in [-0.05, 0) is 18.2 Å². The third kappa shape index (κ3) is 3.17. The highest BCUT2D eigenvalue weighted by Gasteiger charge is 2.49. The van der Waals surface area contributed by atoms with Crippen LogP contribution in [0.3, 0.4) is 0 Å². The smallest absolute Gasteiger partial charge is 0.267 e. The summed E-state index contributed by atoms with van der Waals surface area (Å²) in [5, 5.41) is 5.36. The number of anilines is 1. The zero-order chi connectivity index (χ0) is 21.5. The fourth-order valence-corrected chi connectivity index (χ4v) is 3.83. The van der Waals surface area contributed by atoms with Crippen molar-refractivity contribution >= 4 is 23.4 Å². The molecule has 0 bridgehead atoms. The standard InChI is InChI=1S/C21H21FN4O4/c1-30-16-7-2-4-12(18(16)22)10-24-15-6-3-5-13-14(15)11-26(19(13)28)21(23)9-8-17(27)25-20(21)29/h2-7,24H,8-11,23H2,1H3,(H,25,27,29). The van der Waals surface area contributed by atoms with Gasteiger partial charge in [0.05, 0.1) is 13.7 Å². The van der Waals surface area contributed by atoms with Crippen molar-refractivity contribution in [1.82, 2.24) is 10.2 Å². The molecule has 4 N–H and O–H groups in total. The number of nitrogens with two attached hydrogens (primary N) is 1. The van der Waals surface area contributed by atoms with Crippen molar-refractivity contribution in [2.24, 2.45) is 5.73 Å². The normalized spacial score (nSPS) is 20.8. The second kappa shape index (κ2) is 7.42. The fraction of sp³-hybridized carbons (Fsp3) is 0.286. The van der Waals surface area contributed by atoms with Crippen LogP contribution in [-0.2, 0) is 22.7 Å². The largest absolute Gasteiger partial charge is 0.494 e. The van der Waals surface area contributed by atoms with Crippen LogP contribution < -0.4 is 21.1 Å². The first-order chi connectivity index (χ1) is 14.3. The number of benzene rings is 2. The average Bonchev–Trinajstić information content (AvgIpc) is 3.08. The van der Waals surface area contributed by atoms with Crippen LogP contribution in [0.4, 0.5) is 10.1 Å². The number of carbonyl (C=O) groups is 3. The van der Waals surface area contributed by atoms with Crippen molar-refractivity contribution in [3.05, 3.63) is 58.9 Å². The Morgan fingerprint density at radius 2 is 2.00 bits per heavy atom. The third-order valence-corrected chi connectivity index (χ3v) is 5.56. The van der Waals surface area contributed by atoms with E-state index >= 15 is 0 Å². The van der Waals surface area contributed by atoms with Gasteiger partial charge in [-0.3, -0.25) is 19.7 Å². The lowest BCUT2D eigenvalue weighted by Gasteiger charge is -2.39. The first-order valence-electron chi connectivity index (χ1n) is 9.47. The summed E-state index contributed by atoms with van der Waals surface area (Å²) in [5.74, 6) is -1.78. The molecule has 0 spiro atoms. The van der Waals surface area contributed by atoms with Gasteiger partial charge in [-0.1, -0.05) is 18.2 Å². The number of nitrogens with zero attached hydrogens (tertiary/aromatic N) is 1. The van der Waals surface area contributed by atoms with E-state index in [-0.39, 0.29) is 37.6 Å². The number of methoxy groups -OCH3 is 1. The summed E-state index contributed by atoms with van der Waals surface area (Å²) in [6.45, 7) is 0.284. The van der Waals surface area contributed by atoms with Crippen molar-refractivity contribution in [2.45, 2.75) is 31.6 Å². The fourth-order valence-electron chi connectivity index (χ4n) is 3.83. The Labute approximate surface area is 172 Å². The Bertz CT molecular complexity index is 1060. The number of fused-ring (bicyclic) bond motifs is 1. The number of rotatable bonds is 5. The van der Waals surface area contributed by atoms with Gasteiger partial charge in [-0.25, -0.2) is 4.39 Å². The minimum absolute atomic E-state index is 0.0508. The maximum atomic E-state index is 14.4. The summed E-state index contributed by atoms with van der Waals surface area (Å²) in [4.78, 5) is 38.1. The van der Waals surface area contributed by atoms with Crippen LogP contribution in [-0.4, -0.2) is 35.4 Å². The van der Waals surface area contributed by atoms with Crippen LogP contribution in [0, 0.1) is 5.82 Å². The van der Waals surface area contributed by atoms with E-state index in [0.29, 0.717) is 22.4 Å². The Morgan fingerprint density at radius 1 is 1.23 bits per heavy atom. The number of amides is 3. The lowest BCUT2D eigenvalue weighted by molar-refractivity contribution is -0.142. The number of imide groups is 1. The van der Waals surface area contributed by atoms with Gasteiger partial charge in [0, 0.05) is 41.8 Å². The zero-order valence-corrected chi connectivity index (χ0v) is 16.3. The second-order valence-corrected chi connectivity index (χ2v) is 7.31. The maximum Gasteiger partial charge on any atom is 0.267 e. The molecular formula is C21H21FN4O4. The van der Waals surface area contributed by atoms with Crippen molar-refractivity contribution in [3.63, 3.8) is 0 Å². The highest BCUT2D eigenvalue weighted by Crippen LogP contribution is 2.35. The molecule has 4 rings (SSSR count). The molecule has 0 aliphatic carbocycles. The summed E-state index contributed by atoms with van der Waals surface area (Å²) in [7, 11) is 1.40. The number of piperidine rings is 1. The predicted octanol–water partition coefficient (Wildman–Crippen LogP) is 1.49. The maximum absolute atomic E-state index is 14.4. The van der Waals surface area contributed by atoms with Gasteiger partial charge in [0.25, 0.3) is 11.8 Å². The lowest BCUT2D eigenvalue weighted by Crippen LogP contribution is -2.68. The molecule has 1 unspecified atom stereocenters. The molecule has 30 heavy (non-hydrogen) atoms. The molecule has 2 aromatic carbocycles. The number of nitrogens with one attached hydrogen (secondary N) is 2. The van der Waals surface area contributed by atoms with Crippen molar-refractivity contribution < 1.29 is 23.5 Å². The zero-order valence-electron chi connectivity index (χ0n) is 16.3. The van der Waals surface area contributed by atoms with E-state index in [0.717, 1.165) is 0 Å². The molecule has 156 valence electrons. The number of carbonyl (C=O) groups excluding carboxylic acids is 3. The van der Waals surface area contributed by atoms with Gasteiger partial charge in [0.2, 0.25) is 5.91 Å². The van der Waals surface area contributed by atoms with E-state index in [1.807, 2.05) is 0 Å². The summed E-state index contributed by atoms with van der Waals surface area (Å²) in [6.07, 6.45) is 0.109. The molecule has 9 heteroatoms. The summed E-state index contributed by atoms with van der Waals surface area (Å²) in [5.41, 5.74) is 6.80. The first kappa shape index (κ1) is 19.8. The summed E-state index contributed by atoms with van der Waals surface area (Å²) >= 11 is 0. The minimum Gasteiger partial charge on any atom is -0.494 e. The molecule has 2 aliphatic rings. The number of hydrogen-bond acceptors (Lipinski definition) is 6. The molecule has 1 saturated heterocycles. The van der Waals surface area contributed by atoms with Gasteiger partial charge in [-0.15, -0.1) is 0 Å². The molecule has 0 radical (unpaired) electrons. The molecule has 2 aromatic rings. The monoisotopic (exact) mass is 412 g/mol. The highest BCUT2D eigenvalue weighted by atomic mass is 19.1. The lowest BCUT2D eigenvalue weighted by atomic mass is 9.97. The van der Waals surface area contributed by atoms with Crippen molar-refractivity contribution in [1.29, 1.82) is 0 Å². The molecule has 1 atom stereocenters. The van der Waals surface area contributed by atoms with Crippen LogP contribution in [0.5, 0.6) is 5.75 Å². The van der Waals surface area contributed by atoms with E-state index < -0.39 is 23.3 Å². The second-order valence-electron chi connectivity index (χ2n) is 7.31. The Hall–Kier alpha value is -3.46. The molecule has 8 nitrogen and oxygen atoms in total. The van der Waals surface area contributed by atoms with Crippen LogP contribution in [0.15, 0.2) is 36.4 Å². The Morgan fingerprint density at radius 3 is 2.73 bits per heavy atom. The molecule has 0 saturated carbocycles. The van der Waals surface area contributed by atoms with Gasteiger partial charge >= 0.3 is 0 Å². The number of ether oxygens (including phenoxy) is 1. The van der Waals surface area contributed by atoms with E-state index in [2.05, 4.69) is 10.6 Å². The van der Waals surface area contributed by atoms with Gasteiger partial charge in [-0.2, -0.15) is 0 Å². The van der Waals surface area contributed by atoms with Gasteiger partial charge in [0.15, 0.2) is 17.2 Å². The van der Waals surface area contributed by atoms with E-state index in [1.54, 1.807) is 30.3 Å². The van der Waals surface area contributed by atoms with Crippen LogP contribution in [0.2, 0.25) is 0 Å². The van der Waals surface area contributed by atoms with Crippen molar-refractivity contribution in [2.75, 3.05) is 12.4 Å². The summed E-state index contributed by atoms with van der Waals surface area (Å²) < 4.78 is 19.4. The Balaban J connectivity index is 1.58. The number of hydrogen-bond donors (Lipinski definition) is 3. The SMILES string of the molecule is COc1cccc(CNc2cccc3c2CN(C2(N)CCC(=O)NC2=O)C3=O)c1F. The Kier molecular flexibility index (Phi) is 4.90. The quantitative estimate of drug-likeness (QED) is 0.642. The van der Waals surface area contributed by atoms with E-state index in [1.165, 1.54) is 18.1 Å². The van der Waals surface area contributed by atoms with E-state index in [4.69, 9.17) is 10.5 Å².